The lowest BCUT2D eigenvalue weighted by atomic mass is 9.74. The lowest BCUT2D eigenvalue weighted by Crippen LogP contribution is -2.58. The van der Waals surface area contributed by atoms with Crippen molar-refractivity contribution in [1.82, 2.24) is 20.2 Å². The van der Waals surface area contributed by atoms with Crippen LogP contribution < -0.4 is 5.32 Å². The van der Waals surface area contributed by atoms with E-state index in [1.165, 1.54) is 0 Å². The maximum Gasteiger partial charge on any atom is 0.410 e. The Kier molecular flexibility index (Phi) is 4.87. The van der Waals surface area contributed by atoms with Crippen LogP contribution in [0, 0.1) is 11.8 Å². The first kappa shape index (κ1) is 19.9. The molecule has 2 fully saturated rings. The fourth-order valence-corrected chi connectivity index (χ4v) is 4.83. The molecule has 3 aliphatic heterocycles. The summed E-state index contributed by atoms with van der Waals surface area (Å²) in [5.74, 6) is 2.46. The minimum atomic E-state index is -0.474. The molecule has 0 aromatic carbocycles. The van der Waals surface area contributed by atoms with E-state index in [0.29, 0.717) is 24.9 Å². The number of hydrogen-bond donors (Lipinski definition) is 1. The third-order valence-corrected chi connectivity index (χ3v) is 6.23. The molecule has 4 rings (SSSR count). The Morgan fingerprint density at radius 2 is 2.00 bits per heavy atom. The standard InChI is InChI=1S/C22H31N5O2/c1-14-16-7-8-22(9-12-27(13-22)20(28)29-21(3,4)5)26-18(16)25-15(2)17(14)19-23-10-6-11-24-19/h6,10-11,14,16H,7-9,12-13H2,1-5H3,(H,25,26)/t14?,16?,22-/m0/s1. The van der Waals surface area contributed by atoms with Crippen molar-refractivity contribution in [3.8, 4) is 0 Å². The molecule has 0 radical (unpaired) electrons. The zero-order valence-corrected chi connectivity index (χ0v) is 18.0. The highest BCUT2D eigenvalue weighted by molar-refractivity contribution is 5.92. The topological polar surface area (TPSA) is 79.7 Å². The molecule has 0 saturated carbocycles. The fourth-order valence-electron chi connectivity index (χ4n) is 4.83. The zero-order chi connectivity index (χ0) is 20.8. The van der Waals surface area contributed by atoms with Crippen molar-refractivity contribution in [2.75, 3.05) is 13.1 Å². The van der Waals surface area contributed by atoms with Gasteiger partial charge in [-0.2, -0.15) is 0 Å². The molecule has 29 heavy (non-hydrogen) atoms. The van der Waals surface area contributed by atoms with Crippen LogP contribution >= 0.6 is 0 Å². The molecule has 4 heterocycles. The predicted octanol–water partition coefficient (Wildman–Crippen LogP) is 3.64. The second-order valence-electron chi connectivity index (χ2n) is 9.56. The summed E-state index contributed by atoms with van der Waals surface area (Å²) in [6.07, 6.45) is 6.32. The predicted molar refractivity (Wildman–Crippen MR) is 112 cm³/mol. The van der Waals surface area contributed by atoms with Gasteiger partial charge in [0.2, 0.25) is 0 Å². The summed E-state index contributed by atoms with van der Waals surface area (Å²) in [7, 11) is 0. The Hall–Kier alpha value is -2.44. The first-order valence-electron chi connectivity index (χ1n) is 10.5. The van der Waals surface area contributed by atoms with E-state index in [1.807, 2.05) is 38.7 Å². The summed E-state index contributed by atoms with van der Waals surface area (Å²) in [4.78, 5) is 28.2. The molecule has 1 aromatic heterocycles. The number of carbonyl (C=O) groups is 1. The smallest absolute Gasteiger partial charge is 0.410 e. The average Bonchev–Trinajstić information content (AvgIpc) is 3.04. The number of rotatable bonds is 1. The van der Waals surface area contributed by atoms with Gasteiger partial charge in [-0.15, -0.1) is 0 Å². The van der Waals surface area contributed by atoms with Crippen LogP contribution in [-0.2, 0) is 4.74 Å². The molecule has 7 heteroatoms. The SMILES string of the molecule is CC1=C(c2ncccn2)C(C)C2CC[C@@]3(CCN(C(=O)OC(C)(C)C)C3)NC2=N1. The summed E-state index contributed by atoms with van der Waals surface area (Å²) < 4.78 is 5.57. The lowest BCUT2D eigenvalue weighted by molar-refractivity contribution is 0.0279. The van der Waals surface area contributed by atoms with Crippen molar-refractivity contribution < 1.29 is 9.53 Å². The van der Waals surface area contributed by atoms with Gasteiger partial charge in [0.15, 0.2) is 5.82 Å². The van der Waals surface area contributed by atoms with E-state index in [4.69, 9.17) is 9.73 Å². The van der Waals surface area contributed by atoms with Crippen molar-refractivity contribution in [2.45, 2.75) is 65.0 Å². The molecule has 7 nitrogen and oxygen atoms in total. The van der Waals surface area contributed by atoms with Gasteiger partial charge in [0.1, 0.15) is 11.4 Å². The second kappa shape index (κ2) is 7.11. The summed E-state index contributed by atoms with van der Waals surface area (Å²) in [6, 6.07) is 1.84. The van der Waals surface area contributed by atoms with Gasteiger partial charge in [0.25, 0.3) is 0 Å². The van der Waals surface area contributed by atoms with Crippen LogP contribution in [0.4, 0.5) is 4.79 Å². The van der Waals surface area contributed by atoms with Gasteiger partial charge in [0.05, 0.1) is 5.54 Å². The van der Waals surface area contributed by atoms with Crippen LogP contribution in [0.15, 0.2) is 29.1 Å². The van der Waals surface area contributed by atoms with Crippen molar-refractivity contribution in [3.63, 3.8) is 0 Å². The highest BCUT2D eigenvalue weighted by atomic mass is 16.6. The van der Waals surface area contributed by atoms with Crippen molar-refractivity contribution in [1.29, 1.82) is 0 Å². The number of amides is 1. The number of amidine groups is 1. The van der Waals surface area contributed by atoms with Gasteiger partial charge in [0, 0.05) is 42.7 Å². The number of likely N-dealkylation sites (tertiary alicyclic amines) is 1. The largest absolute Gasteiger partial charge is 0.444 e. The molecule has 2 saturated heterocycles. The Morgan fingerprint density at radius 1 is 1.28 bits per heavy atom. The van der Waals surface area contributed by atoms with Gasteiger partial charge >= 0.3 is 6.09 Å². The van der Waals surface area contributed by atoms with Crippen LogP contribution in [-0.4, -0.2) is 51.0 Å². The molecule has 2 unspecified atom stereocenters. The first-order chi connectivity index (χ1) is 13.7. The van der Waals surface area contributed by atoms with E-state index in [0.717, 1.165) is 42.2 Å². The maximum absolute atomic E-state index is 12.5. The van der Waals surface area contributed by atoms with Crippen LogP contribution in [0.25, 0.3) is 5.57 Å². The second-order valence-corrected chi connectivity index (χ2v) is 9.56. The highest BCUT2D eigenvalue weighted by Gasteiger charge is 2.47. The average molecular weight is 398 g/mol. The van der Waals surface area contributed by atoms with Gasteiger partial charge in [-0.3, -0.25) is 0 Å². The van der Waals surface area contributed by atoms with Gasteiger partial charge in [-0.05, 0) is 58.9 Å². The number of ether oxygens (including phenoxy) is 1. The number of piperidine rings is 1. The quantitative estimate of drug-likeness (QED) is 0.783. The zero-order valence-electron chi connectivity index (χ0n) is 18.0. The number of allylic oxidation sites excluding steroid dienone is 2. The summed E-state index contributed by atoms with van der Waals surface area (Å²) in [5, 5.41) is 3.74. The number of fused-ring (bicyclic) bond motifs is 1. The number of aliphatic imine (C=N–C) groups is 1. The van der Waals surface area contributed by atoms with Gasteiger partial charge in [-0.1, -0.05) is 6.92 Å². The van der Waals surface area contributed by atoms with Crippen LogP contribution in [0.2, 0.25) is 0 Å². The molecule has 3 atom stereocenters. The number of nitrogens with zero attached hydrogens (tertiary/aromatic N) is 4. The molecule has 156 valence electrons. The highest BCUT2D eigenvalue weighted by Crippen LogP contribution is 2.42. The minimum Gasteiger partial charge on any atom is -0.444 e. The molecular weight excluding hydrogens is 366 g/mol. The number of aromatic nitrogens is 2. The van der Waals surface area contributed by atoms with E-state index in [1.54, 1.807) is 12.4 Å². The monoisotopic (exact) mass is 397 g/mol. The summed E-state index contributed by atoms with van der Waals surface area (Å²) in [5.41, 5.74) is 1.53. The molecule has 1 N–H and O–H groups in total. The normalized spacial score (nSPS) is 29.4. The van der Waals surface area contributed by atoms with E-state index >= 15 is 0 Å². The maximum atomic E-state index is 12.5. The molecular formula is C22H31N5O2. The fraction of sp³-hybridized carbons (Fsp3) is 0.636. The first-order valence-corrected chi connectivity index (χ1v) is 10.5. The van der Waals surface area contributed by atoms with Gasteiger partial charge < -0.3 is 15.0 Å². The summed E-state index contributed by atoms with van der Waals surface area (Å²) in [6.45, 7) is 11.4. The Balaban J connectivity index is 1.53. The molecule has 0 aliphatic carbocycles. The minimum absolute atomic E-state index is 0.104. The van der Waals surface area contributed by atoms with Crippen LogP contribution in [0.5, 0.6) is 0 Å². The lowest BCUT2D eigenvalue weighted by Gasteiger charge is -2.44. The van der Waals surface area contributed by atoms with E-state index < -0.39 is 5.60 Å². The third kappa shape index (κ3) is 3.87. The van der Waals surface area contributed by atoms with Crippen LogP contribution in [0.1, 0.15) is 59.7 Å². The number of hydrogen-bond acceptors (Lipinski definition) is 6. The number of carbonyl (C=O) groups excluding carboxylic acids is 1. The van der Waals surface area contributed by atoms with E-state index in [9.17, 15) is 4.79 Å². The Labute approximate surface area is 172 Å². The molecule has 1 spiro atoms. The molecule has 3 aliphatic rings. The molecule has 1 aromatic rings. The van der Waals surface area contributed by atoms with Crippen LogP contribution in [0.3, 0.4) is 0 Å². The third-order valence-electron chi connectivity index (χ3n) is 6.23. The Morgan fingerprint density at radius 3 is 2.69 bits per heavy atom. The van der Waals surface area contributed by atoms with Crippen molar-refractivity contribution >= 4 is 17.5 Å². The van der Waals surface area contributed by atoms with E-state index in [-0.39, 0.29) is 11.6 Å². The van der Waals surface area contributed by atoms with Gasteiger partial charge in [-0.25, -0.2) is 19.8 Å². The molecule has 1 amide bonds. The van der Waals surface area contributed by atoms with Crippen molar-refractivity contribution in [3.05, 3.63) is 30.0 Å². The summed E-state index contributed by atoms with van der Waals surface area (Å²) >= 11 is 0. The Bertz CT molecular complexity index is 858. The number of nitrogens with one attached hydrogen (secondary N) is 1. The van der Waals surface area contributed by atoms with E-state index in [2.05, 4.69) is 22.2 Å². The molecule has 0 bridgehead atoms. The van der Waals surface area contributed by atoms with Crippen molar-refractivity contribution in [2.24, 2.45) is 16.8 Å².